The quantitative estimate of drug-likeness (QED) is 0.530. The zero-order chi connectivity index (χ0) is 13.0. The van der Waals surface area contributed by atoms with E-state index in [1.807, 2.05) is 18.2 Å². The summed E-state index contributed by atoms with van der Waals surface area (Å²) < 4.78 is 2.18. The molecular formula is C14H17BrINO. The van der Waals surface area contributed by atoms with Gasteiger partial charge in [0, 0.05) is 19.6 Å². The van der Waals surface area contributed by atoms with Crippen LogP contribution in [-0.2, 0) is 4.79 Å². The molecule has 4 heteroatoms. The third kappa shape index (κ3) is 3.95. The van der Waals surface area contributed by atoms with E-state index >= 15 is 0 Å². The average Bonchev–Trinajstić information content (AvgIpc) is 2.62. The first-order valence-electron chi connectivity index (χ1n) is 6.43. The minimum absolute atomic E-state index is 0.185. The maximum Gasteiger partial charge on any atom is 0.227 e. The molecule has 18 heavy (non-hydrogen) atoms. The van der Waals surface area contributed by atoms with Gasteiger partial charge in [-0.15, -0.1) is 0 Å². The second-order valence-electron chi connectivity index (χ2n) is 4.81. The summed E-state index contributed by atoms with van der Waals surface area (Å²) >= 11 is 5.75. The summed E-state index contributed by atoms with van der Waals surface area (Å²) in [6.07, 6.45) is 7.01. The van der Waals surface area contributed by atoms with Gasteiger partial charge in [-0.2, -0.15) is 0 Å². The van der Waals surface area contributed by atoms with Gasteiger partial charge in [-0.25, -0.2) is 0 Å². The number of nitrogens with one attached hydrogen (secondary N) is 1. The molecule has 1 amide bonds. The van der Waals surface area contributed by atoms with Gasteiger partial charge in [0.05, 0.1) is 0 Å². The molecule has 1 aromatic rings. The minimum atomic E-state index is 0.185. The highest BCUT2D eigenvalue weighted by Gasteiger charge is 2.20. The number of benzene rings is 1. The summed E-state index contributed by atoms with van der Waals surface area (Å²) in [5, 5.41) is 3.04. The van der Waals surface area contributed by atoms with Crippen LogP contribution in [0.1, 0.15) is 38.5 Å². The van der Waals surface area contributed by atoms with Gasteiger partial charge in [0.15, 0.2) is 0 Å². The fourth-order valence-electron chi connectivity index (χ4n) is 2.36. The number of carbonyl (C=O) groups excluding carboxylic acids is 1. The van der Waals surface area contributed by atoms with Crippen LogP contribution in [0.25, 0.3) is 0 Å². The van der Waals surface area contributed by atoms with Gasteiger partial charge in [0.2, 0.25) is 5.91 Å². The van der Waals surface area contributed by atoms with E-state index in [0.29, 0.717) is 0 Å². The van der Waals surface area contributed by atoms with Crippen molar-refractivity contribution in [1.82, 2.24) is 0 Å². The largest absolute Gasteiger partial charge is 0.326 e. The summed E-state index contributed by atoms with van der Waals surface area (Å²) in [6.45, 7) is 0. The molecule has 0 aliphatic heterocycles. The molecule has 0 radical (unpaired) electrons. The molecule has 0 bridgehead atoms. The number of anilines is 1. The van der Waals surface area contributed by atoms with Gasteiger partial charge in [0.25, 0.3) is 0 Å². The Bertz CT molecular complexity index is 428. The summed E-state index contributed by atoms with van der Waals surface area (Å²) in [7, 11) is 0. The first-order chi connectivity index (χ1) is 8.66. The van der Waals surface area contributed by atoms with Crippen molar-refractivity contribution in [1.29, 1.82) is 0 Å². The fourth-order valence-corrected chi connectivity index (χ4v) is 3.07. The minimum Gasteiger partial charge on any atom is -0.326 e. The highest BCUT2D eigenvalue weighted by molar-refractivity contribution is 14.1. The molecule has 0 unspecified atom stereocenters. The van der Waals surface area contributed by atoms with E-state index in [-0.39, 0.29) is 11.8 Å². The van der Waals surface area contributed by atoms with Crippen molar-refractivity contribution in [2.45, 2.75) is 38.5 Å². The van der Waals surface area contributed by atoms with Crippen molar-refractivity contribution < 1.29 is 4.79 Å². The molecule has 2 rings (SSSR count). The van der Waals surface area contributed by atoms with Gasteiger partial charge >= 0.3 is 0 Å². The summed E-state index contributed by atoms with van der Waals surface area (Å²) in [4.78, 5) is 12.2. The number of carbonyl (C=O) groups is 1. The smallest absolute Gasteiger partial charge is 0.227 e. The van der Waals surface area contributed by atoms with Crippen LogP contribution in [0, 0.1) is 9.49 Å². The molecule has 1 N–H and O–H groups in total. The van der Waals surface area contributed by atoms with E-state index < -0.39 is 0 Å². The van der Waals surface area contributed by atoms with E-state index in [2.05, 4.69) is 43.8 Å². The highest BCUT2D eigenvalue weighted by atomic mass is 127. The number of amides is 1. The first-order valence-corrected chi connectivity index (χ1v) is 8.30. The molecule has 1 aromatic carbocycles. The topological polar surface area (TPSA) is 29.1 Å². The summed E-state index contributed by atoms with van der Waals surface area (Å²) in [6, 6.07) is 5.94. The van der Waals surface area contributed by atoms with E-state index in [1.165, 1.54) is 25.7 Å². The molecule has 0 aromatic heterocycles. The molecule has 2 nitrogen and oxygen atoms in total. The first kappa shape index (κ1) is 14.3. The molecule has 1 fully saturated rings. The van der Waals surface area contributed by atoms with Crippen LogP contribution in [0.2, 0.25) is 0 Å². The van der Waals surface area contributed by atoms with Gasteiger partial charge in [0.1, 0.15) is 0 Å². The molecule has 0 saturated heterocycles. The van der Waals surface area contributed by atoms with Crippen molar-refractivity contribution in [3.05, 3.63) is 26.2 Å². The van der Waals surface area contributed by atoms with Crippen molar-refractivity contribution in [2.75, 3.05) is 5.32 Å². The fraction of sp³-hybridized carbons (Fsp3) is 0.500. The van der Waals surface area contributed by atoms with Crippen LogP contribution in [0.5, 0.6) is 0 Å². The standard InChI is InChI=1S/C14H17BrINO/c15-12-9-11(7-8-13(12)16)17-14(18)10-5-3-1-2-4-6-10/h7-10H,1-6H2,(H,17,18). The van der Waals surface area contributed by atoms with Crippen LogP contribution in [0.4, 0.5) is 5.69 Å². The van der Waals surface area contributed by atoms with Crippen molar-refractivity contribution in [3.8, 4) is 0 Å². The van der Waals surface area contributed by atoms with Crippen LogP contribution in [0.15, 0.2) is 22.7 Å². The lowest BCUT2D eigenvalue weighted by Crippen LogP contribution is -2.22. The molecule has 0 atom stereocenters. The Morgan fingerprint density at radius 2 is 1.89 bits per heavy atom. The average molecular weight is 422 g/mol. The number of rotatable bonds is 2. The molecular weight excluding hydrogens is 405 g/mol. The Kier molecular flexibility index (Phi) is 5.48. The summed E-state index contributed by atoms with van der Waals surface area (Å²) in [5.74, 6) is 0.385. The Morgan fingerprint density at radius 1 is 1.22 bits per heavy atom. The van der Waals surface area contributed by atoms with Crippen molar-refractivity contribution >= 4 is 50.1 Å². The maximum absolute atomic E-state index is 12.2. The SMILES string of the molecule is O=C(Nc1ccc(I)c(Br)c1)C1CCCCCC1. The Morgan fingerprint density at radius 3 is 2.50 bits per heavy atom. The van der Waals surface area contributed by atoms with Crippen LogP contribution >= 0.6 is 38.5 Å². The molecule has 1 saturated carbocycles. The number of hydrogen-bond acceptors (Lipinski definition) is 1. The van der Waals surface area contributed by atoms with Gasteiger partial charge in [-0.3, -0.25) is 4.79 Å². The van der Waals surface area contributed by atoms with E-state index in [0.717, 1.165) is 26.6 Å². The normalized spacial score (nSPS) is 17.2. The molecule has 1 aliphatic rings. The number of halogens is 2. The highest BCUT2D eigenvalue weighted by Crippen LogP contribution is 2.26. The molecule has 0 heterocycles. The maximum atomic E-state index is 12.2. The third-order valence-corrected chi connectivity index (χ3v) is 5.75. The zero-order valence-electron chi connectivity index (χ0n) is 10.2. The Labute approximate surface area is 130 Å². The van der Waals surface area contributed by atoms with Crippen LogP contribution in [-0.4, -0.2) is 5.91 Å². The summed E-state index contributed by atoms with van der Waals surface area (Å²) in [5.41, 5.74) is 0.886. The monoisotopic (exact) mass is 421 g/mol. The van der Waals surface area contributed by atoms with E-state index in [4.69, 9.17) is 0 Å². The Hall–Kier alpha value is -0.100. The Balaban J connectivity index is 1.99. The van der Waals surface area contributed by atoms with Gasteiger partial charge in [-0.05, 0) is 69.6 Å². The predicted molar refractivity (Wildman–Crippen MR) is 86.7 cm³/mol. The second-order valence-corrected chi connectivity index (χ2v) is 6.82. The van der Waals surface area contributed by atoms with Gasteiger partial charge < -0.3 is 5.32 Å². The molecule has 98 valence electrons. The number of hydrogen-bond donors (Lipinski definition) is 1. The lowest BCUT2D eigenvalue weighted by Gasteiger charge is -2.14. The lowest BCUT2D eigenvalue weighted by atomic mass is 9.99. The lowest BCUT2D eigenvalue weighted by molar-refractivity contribution is -0.120. The van der Waals surface area contributed by atoms with Gasteiger partial charge in [-0.1, -0.05) is 25.7 Å². The van der Waals surface area contributed by atoms with Crippen molar-refractivity contribution in [3.63, 3.8) is 0 Å². The second kappa shape index (κ2) is 6.89. The third-order valence-electron chi connectivity index (χ3n) is 3.41. The van der Waals surface area contributed by atoms with E-state index in [1.54, 1.807) is 0 Å². The predicted octanol–water partition coefficient (Wildman–Crippen LogP) is 4.96. The van der Waals surface area contributed by atoms with E-state index in [9.17, 15) is 4.79 Å². The zero-order valence-corrected chi connectivity index (χ0v) is 14.0. The molecule has 1 aliphatic carbocycles. The van der Waals surface area contributed by atoms with Crippen LogP contribution in [0.3, 0.4) is 0 Å². The van der Waals surface area contributed by atoms with Crippen molar-refractivity contribution in [2.24, 2.45) is 5.92 Å². The molecule has 0 spiro atoms. The van der Waals surface area contributed by atoms with Crippen LogP contribution < -0.4 is 5.32 Å².